The fourth-order valence-electron chi connectivity index (χ4n) is 2.06. The van der Waals surface area contributed by atoms with Gasteiger partial charge in [-0.1, -0.05) is 24.3 Å². The van der Waals surface area contributed by atoms with Gasteiger partial charge in [-0.2, -0.15) is 0 Å². The molecule has 0 saturated heterocycles. The van der Waals surface area contributed by atoms with Crippen molar-refractivity contribution in [1.82, 2.24) is 5.32 Å². The molecule has 0 heterocycles. The lowest BCUT2D eigenvalue weighted by molar-refractivity contribution is 0.0697. The van der Waals surface area contributed by atoms with Crippen molar-refractivity contribution in [2.75, 3.05) is 7.11 Å². The molecule has 0 aliphatic carbocycles. The third kappa shape index (κ3) is 4.07. The number of ether oxygens (including phenoxy) is 1. The Kier molecular flexibility index (Phi) is 4.95. The van der Waals surface area contributed by atoms with E-state index in [4.69, 9.17) is 9.84 Å². The average molecular weight is 285 g/mol. The number of aromatic carboxylic acids is 1. The molecule has 1 atom stereocenters. The molecule has 0 aromatic heterocycles. The Morgan fingerprint density at radius 3 is 2.57 bits per heavy atom. The second-order valence-corrected chi connectivity index (χ2v) is 4.88. The maximum Gasteiger partial charge on any atom is 0.335 e. The highest BCUT2D eigenvalue weighted by atomic mass is 16.5. The number of carbonyl (C=O) groups is 1. The van der Waals surface area contributed by atoms with Crippen LogP contribution in [0.1, 0.15) is 34.5 Å². The minimum absolute atomic E-state index is 0.180. The predicted molar refractivity (Wildman–Crippen MR) is 81.7 cm³/mol. The number of carboxylic acids is 1. The molecule has 0 radical (unpaired) electrons. The lowest BCUT2D eigenvalue weighted by Gasteiger charge is -2.15. The van der Waals surface area contributed by atoms with Gasteiger partial charge in [-0.05, 0) is 42.3 Å². The first kappa shape index (κ1) is 15.1. The van der Waals surface area contributed by atoms with E-state index in [-0.39, 0.29) is 6.04 Å². The average Bonchev–Trinajstić information content (AvgIpc) is 2.53. The Balaban J connectivity index is 1.96. The Labute approximate surface area is 124 Å². The zero-order chi connectivity index (χ0) is 15.2. The number of hydrogen-bond acceptors (Lipinski definition) is 3. The van der Waals surface area contributed by atoms with Crippen LogP contribution >= 0.6 is 0 Å². The highest BCUT2D eigenvalue weighted by molar-refractivity contribution is 5.87. The van der Waals surface area contributed by atoms with E-state index >= 15 is 0 Å². The van der Waals surface area contributed by atoms with Crippen LogP contribution in [0.2, 0.25) is 0 Å². The third-order valence-corrected chi connectivity index (χ3v) is 3.41. The topological polar surface area (TPSA) is 58.6 Å². The van der Waals surface area contributed by atoms with Crippen LogP contribution in [-0.4, -0.2) is 18.2 Å². The highest BCUT2D eigenvalue weighted by Crippen LogP contribution is 2.19. The molecule has 0 aliphatic heterocycles. The molecule has 0 fully saturated rings. The molecule has 2 aromatic carbocycles. The number of benzene rings is 2. The standard InChI is InChI=1S/C17H19NO3/c1-12(15-4-3-5-16(10-15)21-2)18-11-13-6-8-14(9-7-13)17(19)20/h3-10,12,18H,11H2,1-2H3,(H,19,20)/t12-/m1/s1. The van der Waals surface area contributed by atoms with Gasteiger partial charge in [0, 0.05) is 12.6 Å². The predicted octanol–water partition coefficient (Wildman–Crippen LogP) is 3.24. The van der Waals surface area contributed by atoms with Crippen LogP contribution in [0.15, 0.2) is 48.5 Å². The minimum Gasteiger partial charge on any atom is -0.497 e. The molecule has 4 nitrogen and oxygen atoms in total. The zero-order valence-electron chi connectivity index (χ0n) is 12.2. The van der Waals surface area contributed by atoms with Crippen molar-refractivity contribution in [2.45, 2.75) is 19.5 Å². The van der Waals surface area contributed by atoms with Crippen LogP contribution in [0.3, 0.4) is 0 Å². The molecular weight excluding hydrogens is 266 g/mol. The molecular formula is C17H19NO3. The molecule has 2 rings (SSSR count). The van der Waals surface area contributed by atoms with Crippen molar-refractivity contribution in [1.29, 1.82) is 0 Å². The summed E-state index contributed by atoms with van der Waals surface area (Å²) in [5.41, 5.74) is 2.51. The lowest BCUT2D eigenvalue weighted by atomic mass is 10.1. The second kappa shape index (κ2) is 6.90. The molecule has 0 spiro atoms. The van der Waals surface area contributed by atoms with E-state index < -0.39 is 5.97 Å². The Hall–Kier alpha value is -2.33. The van der Waals surface area contributed by atoms with E-state index in [0.717, 1.165) is 16.9 Å². The van der Waals surface area contributed by atoms with Gasteiger partial charge in [0.25, 0.3) is 0 Å². The van der Waals surface area contributed by atoms with Crippen molar-refractivity contribution in [3.05, 3.63) is 65.2 Å². The van der Waals surface area contributed by atoms with E-state index in [0.29, 0.717) is 12.1 Å². The zero-order valence-corrected chi connectivity index (χ0v) is 12.2. The molecule has 0 amide bonds. The summed E-state index contributed by atoms with van der Waals surface area (Å²) >= 11 is 0. The van der Waals surface area contributed by atoms with Crippen LogP contribution in [0.25, 0.3) is 0 Å². The molecule has 0 bridgehead atoms. The van der Waals surface area contributed by atoms with Crippen molar-refractivity contribution in [3.8, 4) is 5.75 Å². The van der Waals surface area contributed by atoms with Crippen LogP contribution in [0, 0.1) is 0 Å². The molecule has 21 heavy (non-hydrogen) atoms. The first-order valence-electron chi connectivity index (χ1n) is 6.79. The Morgan fingerprint density at radius 1 is 1.24 bits per heavy atom. The highest BCUT2D eigenvalue weighted by Gasteiger charge is 2.07. The van der Waals surface area contributed by atoms with Gasteiger partial charge in [0.15, 0.2) is 0 Å². The molecule has 2 aromatic rings. The van der Waals surface area contributed by atoms with Crippen LogP contribution < -0.4 is 10.1 Å². The quantitative estimate of drug-likeness (QED) is 0.855. The molecule has 2 N–H and O–H groups in total. The van der Waals surface area contributed by atoms with Gasteiger partial charge in [-0.15, -0.1) is 0 Å². The number of methoxy groups -OCH3 is 1. The summed E-state index contributed by atoms with van der Waals surface area (Å²) in [4.78, 5) is 10.8. The summed E-state index contributed by atoms with van der Waals surface area (Å²) in [6, 6.07) is 15.0. The third-order valence-electron chi connectivity index (χ3n) is 3.41. The van der Waals surface area contributed by atoms with Crippen LogP contribution in [-0.2, 0) is 6.54 Å². The number of carboxylic acid groups (broad SMARTS) is 1. The van der Waals surface area contributed by atoms with Crippen LogP contribution in [0.5, 0.6) is 5.75 Å². The fraction of sp³-hybridized carbons (Fsp3) is 0.235. The van der Waals surface area contributed by atoms with Gasteiger partial charge in [-0.3, -0.25) is 0 Å². The first-order valence-corrected chi connectivity index (χ1v) is 6.79. The Morgan fingerprint density at radius 2 is 1.95 bits per heavy atom. The van der Waals surface area contributed by atoms with Crippen molar-refractivity contribution in [3.63, 3.8) is 0 Å². The normalized spacial score (nSPS) is 11.9. The van der Waals surface area contributed by atoms with Gasteiger partial charge < -0.3 is 15.2 Å². The molecule has 0 unspecified atom stereocenters. The molecule has 0 saturated carbocycles. The largest absolute Gasteiger partial charge is 0.497 e. The molecule has 110 valence electrons. The number of nitrogens with one attached hydrogen (secondary N) is 1. The lowest BCUT2D eigenvalue weighted by Crippen LogP contribution is -2.18. The maximum absolute atomic E-state index is 10.8. The smallest absolute Gasteiger partial charge is 0.335 e. The second-order valence-electron chi connectivity index (χ2n) is 4.88. The monoisotopic (exact) mass is 285 g/mol. The van der Waals surface area contributed by atoms with E-state index in [2.05, 4.69) is 12.2 Å². The van der Waals surface area contributed by atoms with Crippen molar-refractivity contribution in [2.24, 2.45) is 0 Å². The van der Waals surface area contributed by atoms with Gasteiger partial charge in [0.05, 0.1) is 12.7 Å². The summed E-state index contributed by atoms with van der Waals surface area (Å²) in [5.74, 6) is -0.0637. The van der Waals surface area contributed by atoms with Gasteiger partial charge in [-0.25, -0.2) is 4.79 Å². The summed E-state index contributed by atoms with van der Waals surface area (Å²) in [7, 11) is 1.65. The van der Waals surface area contributed by atoms with E-state index in [9.17, 15) is 4.79 Å². The van der Waals surface area contributed by atoms with E-state index in [1.165, 1.54) is 0 Å². The SMILES string of the molecule is COc1cccc([C@@H](C)NCc2ccc(C(=O)O)cc2)c1. The van der Waals surface area contributed by atoms with E-state index in [1.54, 1.807) is 19.2 Å². The summed E-state index contributed by atoms with van der Waals surface area (Å²) in [6.07, 6.45) is 0. The van der Waals surface area contributed by atoms with Crippen molar-refractivity contribution < 1.29 is 14.6 Å². The van der Waals surface area contributed by atoms with E-state index in [1.807, 2.05) is 36.4 Å². The van der Waals surface area contributed by atoms with Gasteiger partial charge in [0.2, 0.25) is 0 Å². The summed E-state index contributed by atoms with van der Waals surface area (Å²) in [5, 5.41) is 12.3. The van der Waals surface area contributed by atoms with Crippen molar-refractivity contribution >= 4 is 5.97 Å². The number of hydrogen-bond donors (Lipinski definition) is 2. The fourth-order valence-corrected chi connectivity index (χ4v) is 2.06. The Bertz CT molecular complexity index is 608. The molecule has 0 aliphatic rings. The van der Waals surface area contributed by atoms with Crippen LogP contribution in [0.4, 0.5) is 0 Å². The maximum atomic E-state index is 10.8. The minimum atomic E-state index is -0.903. The van der Waals surface area contributed by atoms with Gasteiger partial charge >= 0.3 is 5.97 Å². The first-order chi connectivity index (χ1) is 10.1. The number of rotatable bonds is 6. The van der Waals surface area contributed by atoms with Gasteiger partial charge in [0.1, 0.15) is 5.75 Å². The molecule has 4 heteroatoms. The summed E-state index contributed by atoms with van der Waals surface area (Å²) < 4.78 is 5.22. The summed E-state index contributed by atoms with van der Waals surface area (Å²) in [6.45, 7) is 2.76.